The Labute approximate surface area is 109 Å². The van der Waals surface area contributed by atoms with Crippen LogP contribution in [0.4, 0.5) is 5.69 Å². The van der Waals surface area contributed by atoms with Crippen molar-refractivity contribution in [3.05, 3.63) is 42.0 Å². The number of rotatable bonds is 1. The molecule has 18 heavy (non-hydrogen) atoms. The molecule has 3 rings (SSSR count). The molecule has 0 fully saturated rings. The van der Waals surface area contributed by atoms with Gasteiger partial charge in [0.15, 0.2) is 0 Å². The third-order valence-corrected chi connectivity index (χ3v) is 3.89. The lowest BCUT2D eigenvalue weighted by Gasteiger charge is -2.00. The summed E-state index contributed by atoms with van der Waals surface area (Å²) in [6.45, 7) is 2.07. The van der Waals surface area contributed by atoms with Crippen molar-refractivity contribution in [1.29, 1.82) is 0 Å². The first-order valence-corrected chi connectivity index (χ1v) is 6.41. The molecule has 0 saturated carbocycles. The number of aromatic nitrogens is 1. The molecule has 0 aliphatic carbocycles. The summed E-state index contributed by atoms with van der Waals surface area (Å²) in [5.41, 5.74) is 9.23. The number of fused-ring (bicyclic) bond motifs is 1. The van der Waals surface area contributed by atoms with E-state index in [1.54, 1.807) is 23.5 Å². The predicted octanol–water partition coefficient (Wildman–Crippen LogP) is 3.56. The summed E-state index contributed by atoms with van der Waals surface area (Å²) in [4.78, 5) is 4.58. The molecule has 90 valence electrons. The molecule has 0 unspecified atom stereocenters. The topological polar surface area (TPSA) is 59.1 Å². The van der Waals surface area contributed by atoms with Gasteiger partial charge in [0.1, 0.15) is 10.8 Å². The molecule has 3 nitrogen and oxygen atoms in total. The van der Waals surface area contributed by atoms with E-state index in [-0.39, 0.29) is 5.75 Å². The lowest BCUT2D eigenvalue weighted by molar-refractivity contribution is 0.478. The minimum absolute atomic E-state index is 0.107. The zero-order chi connectivity index (χ0) is 12.7. The molecule has 0 aliphatic rings. The van der Waals surface area contributed by atoms with Gasteiger partial charge in [-0.05, 0) is 42.8 Å². The molecule has 3 aromatic rings. The van der Waals surface area contributed by atoms with Crippen molar-refractivity contribution < 1.29 is 5.11 Å². The molecule has 1 aromatic heterocycles. The first-order valence-electron chi connectivity index (χ1n) is 5.59. The lowest BCUT2D eigenvalue weighted by atomic mass is 10.2. The van der Waals surface area contributed by atoms with E-state index in [1.807, 2.05) is 12.1 Å². The Kier molecular flexibility index (Phi) is 2.45. The zero-order valence-electron chi connectivity index (χ0n) is 9.84. The van der Waals surface area contributed by atoms with Crippen molar-refractivity contribution in [2.75, 3.05) is 5.73 Å². The maximum absolute atomic E-state index is 9.42. The highest BCUT2D eigenvalue weighted by molar-refractivity contribution is 7.21. The summed E-state index contributed by atoms with van der Waals surface area (Å²) >= 11 is 1.63. The SMILES string of the molecule is Cc1ccc2nc(-c3ccc(O)c(N)c3)sc2c1. The molecular weight excluding hydrogens is 244 g/mol. The predicted molar refractivity (Wildman–Crippen MR) is 75.9 cm³/mol. The van der Waals surface area contributed by atoms with E-state index in [0.717, 1.165) is 20.8 Å². The van der Waals surface area contributed by atoms with Crippen molar-refractivity contribution in [2.24, 2.45) is 0 Å². The highest BCUT2D eigenvalue weighted by atomic mass is 32.1. The summed E-state index contributed by atoms with van der Waals surface area (Å²) in [5.74, 6) is 0.107. The lowest BCUT2D eigenvalue weighted by Crippen LogP contribution is -1.86. The highest BCUT2D eigenvalue weighted by Gasteiger charge is 2.08. The number of aryl methyl sites for hydroxylation is 1. The number of anilines is 1. The first kappa shape index (κ1) is 11.0. The molecule has 0 atom stereocenters. The van der Waals surface area contributed by atoms with Gasteiger partial charge in [0.25, 0.3) is 0 Å². The molecule has 0 aliphatic heterocycles. The van der Waals surface area contributed by atoms with Crippen molar-refractivity contribution in [1.82, 2.24) is 4.98 Å². The monoisotopic (exact) mass is 256 g/mol. The fourth-order valence-corrected chi connectivity index (χ4v) is 2.90. The Morgan fingerprint density at radius 2 is 2.00 bits per heavy atom. The van der Waals surface area contributed by atoms with Crippen LogP contribution in [0.5, 0.6) is 5.75 Å². The average molecular weight is 256 g/mol. The molecule has 1 heterocycles. The molecule has 4 heteroatoms. The number of phenolic OH excluding ortho intramolecular Hbond substituents is 1. The van der Waals surface area contributed by atoms with Gasteiger partial charge in [0, 0.05) is 5.56 Å². The molecule has 3 N–H and O–H groups in total. The van der Waals surface area contributed by atoms with Gasteiger partial charge in [-0.25, -0.2) is 4.98 Å². The highest BCUT2D eigenvalue weighted by Crippen LogP contribution is 2.33. The van der Waals surface area contributed by atoms with E-state index in [2.05, 4.69) is 24.0 Å². The second-order valence-electron chi connectivity index (χ2n) is 4.26. The number of hydrogen-bond acceptors (Lipinski definition) is 4. The van der Waals surface area contributed by atoms with Gasteiger partial charge in [0.2, 0.25) is 0 Å². The van der Waals surface area contributed by atoms with E-state index in [9.17, 15) is 5.11 Å². The van der Waals surface area contributed by atoms with Crippen LogP contribution in [0.25, 0.3) is 20.8 Å². The van der Waals surface area contributed by atoms with Crippen LogP contribution in [0.1, 0.15) is 5.56 Å². The largest absolute Gasteiger partial charge is 0.506 e. The van der Waals surface area contributed by atoms with Gasteiger partial charge in [-0.2, -0.15) is 0 Å². The Morgan fingerprint density at radius 3 is 2.78 bits per heavy atom. The van der Waals surface area contributed by atoms with Gasteiger partial charge in [-0.1, -0.05) is 6.07 Å². The van der Waals surface area contributed by atoms with Crippen LogP contribution in [0, 0.1) is 6.92 Å². The quantitative estimate of drug-likeness (QED) is 0.517. The normalized spacial score (nSPS) is 10.9. The summed E-state index contributed by atoms with van der Waals surface area (Å²) < 4.78 is 1.16. The van der Waals surface area contributed by atoms with Crippen molar-refractivity contribution in [3.63, 3.8) is 0 Å². The number of nitrogens with zero attached hydrogens (tertiary/aromatic N) is 1. The van der Waals surface area contributed by atoms with E-state index in [1.165, 1.54) is 5.56 Å². The molecule has 0 radical (unpaired) electrons. The third kappa shape index (κ3) is 1.80. The van der Waals surface area contributed by atoms with Crippen LogP contribution in [0.3, 0.4) is 0 Å². The summed E-state index contributed by atoms with van der Waals surface area (Å²) in [7, 11) is 0. The Hall–Kier alpha value is -2.07. The number of aromatic hydroxyl groups is 1. The van der Waals surface area contributed by atoms with E-state index < -0.39 is 0 Å². The minimum Gasteiger partial charge on any atom is -0.506 e. The minimum atomic E-state index is 0.107. The number of benzene rings is 2. The molecule has 0 amide bonds. The zero-order valence-corrected chi connectivity index (χ0v) is 10.7. The van der Waals surface area contributed by atoms with Crippen LogP contribution in [-0.4, -0.2) is 10.1 Å². The van der Waals surface area contributed by atoms with E-state index >= 15 is 0 Å². The third-order valence-electron chi connectivity index (χ3n) is 2.82. The molecule has 0 spiro atoms. The number of hydrogen-bond donors (Lipinski definition) is 2. The molecule has 0 bridgehead atoms. The van der Waals surface area contributed by atoms with E-state index in [4.69, 9.17) is 5.73 Å². The van der Waals surface area contributed by atoms with E-state index in [0.29, 0.717) is 5.69 Å². The molecular formula is C14H12N2OS. The summed E-state index contributed by atoms with van der Waals surface area (Å²) in [6, 6.07) is 11.4. The summed E-state index contributed by atoms with van der Waals surface area (Å²) in [5, 5.41) is 10.3. The maximum atomic E-state index is 9.42. The Balaban J connectivity index is 2.16. The maximum Gasteiger partial charge on any atom is 0.138 e. The second kappa shape index (κ2) is 3.99. The Bertz CT molecular complexity index is 734. The van der Waals surface area contributed by atoms with Crippen LogP contribution in [0.2, 0.25) is 0 Å². The van der Waals surface area contributed by atoms with Crippen molar-refractivity contribution >= 4 is 27.2 Å². The second-order valence-corrected chi connectivity index (χ2v) is 5.29. The number of thiazole rings is 1. The van der Waals surface area contributed by atoms with Crippen LogP contribution < -0.4 is 5.73 Å². The summed E-state index contributed by atoms with van der Waals surface area (Å²) in [6.07, 6.45) is 0. The van der Waals surface area contributed by atoms with Crippen LogP contribution in [0.15, 0.2) is 36.4 Å². The number of nitrogen functional groups attached to an aromatic ring is 1. The van der Waals surface area contributed by atoms with Gasteiger partial charge < -0.3 is 10.8 Å². The van der Waals surface area contributed by atoms with Gasteiger partial charge in [0.05, 0.1) is 15.9 Å². The van der Waals surface area contributed by atoms with Gasteiger partial charge >= 0.3 is 0 Å². The Morgan fingerprint density at radius 1 is 1.17 bits per heavy atom. The fraction of sp³-hybridized carbons (Fsp3) is 0.0714. The molecule has 2 aromatic carbocycles. The van der Waals surface area contributed by atoms with Crippen molar-refractivity contribution in [3.8, 4) is 16.3 Å². The first-order chi connectivity index (χ1) is 8.63. The van der Waals surface area contributed by atoms with Crippen molar-refractivity contribution in [2.45, 2.75) is 6.92 Å². The fourth-order valence-electron chi connectivity index (χ4n) is 1.84. The number of nitrogens with two attached hydrogens (primary N) is 1. The standard InChI is InChI=1S/C14H12N2OS/c1-8-2-4-11-13(6-8)18-14(16-11)9-3-5-12(17)10(15)7-9/h2-7,17H,15H2,1H3. The molecule has 0 saturated heterocycles. The van der Waals surface area contributed by atoms with Gasteiger partial charge in [-0.15, -0.1) is 11.3 Å². The van der Waals surface area contributed by atoms with Gasteiger partial charge in [-0.3, -0.25) is 0 Å². The number of phenols is 1. The average Bonchev–Trinajstić information content (AvgIpc) is 2.75. The smallest absolute Gasteiger partial charge is 0.138 e. The van der Waals surface area contributed by atoms with Crippen LogP contribution >= 0.6 is 11.3 Å². The van der Waals surface area contributed by atoms with Crippen LogP contribution in [-0.2, 0) is 0 Å².